The van der Waals surface area contributed by atoms with Gasteiger partial charge in [-0.15, -0.1) is 0 Å². The molecule has 2 atom stereocenters. The smallest absolute Gasteiger partial charge is 0.404 e. The molecule has 0 saturated carbocycles. The number of carbonyl (C=O) groups is 1. The number of rotatable bonds is 3. The SMILES string of the molecule is C[C@@H](O)C[C@H](C)OC(N)=O. The molecular weight excluding hydrogens is 134 g/mol. The number of primary amides is 1. The lowest BCUT2D eigenvalue weighted by Gasteiger charge is -2.12. The molecule has 0 fully saturated rings. The van der Waals surface area contributed by atoms with Crippen molar-refractivity contribution in [3.63, 3.8) is 0 Å². The van der Waals surface area contributed by atoms with Gasteiger partial charge in [0.15, 0.2) is 0 Å². The summed E-state index contributed by atoms with van der Waals surface area (Å²) in [6.45, 7) is 3.30. The summed E-state index contributed by atoms with van der Waals surface area (Å²) in [4.78, 5) is 10.1. The van der Waals surface area contributed by atoms with Gasteiger partial charge < -0.3 is 15.6 Å². The molecule has 4 heteroatoms. The van der Waals surface area contributed by atoms with Crippen LogP contribution in [-0.4, -0.2) is 23.4 Å². The molecule has 0 aromatic heterocycles. The number of ether oxygens (including phenoxy) is 1. The summed E-state index contributed by atoms with van der Waals surface area (Å²) < 4.78 is 4.54. The van der Waals surface area contributed by atoms with Gasteiger partial charge in [-0.1, -0.05) is 0 Å². The van der Waals surface area contributed by atoms with Crippen LogP contribution in [0.2, 0.25) is 0 Å². The van der Waals surface area contributed by atoms with Gasteiger partial charge in [-0.05, 0) is 13.8 Å². The van der Waals surface area contributed by atoms with Crippen molar-refractivity contribution in [3.05, 3.63) is 0 Å². The van der Waals surface area contributed by atoms with E-state index in [1.807, 2.05) is 0 Å². The van der Waals surface area contributed by atoms with Crippen LogP contribution in [-0.2, 0) is 4.74 Å². The molecule has 4 nitrogen and oxygen atoms in total. The normalized spacial score (nSPS) is 15.9. The lowest BCUT2D eigenvalue weighted by molar-refractivity contribution is 0.0746. The van der Waals surface area contributed by atoms with E-state index in [4.69, 9.17) is 10.8 Å². The first-order valence-electron chi connectivity index (χ1n) is 3.16. The van der Waals surface area contributed by atoms with Crippen molar-refractivity contribution in [2.24, 2.45) is 5.73 Å². The van der Waals surface area contributed by atoms with E-state index in [0.717, 1.165) is 0 Å². The second-order valence-corrected chi connectivity index (χ2v) is 2.33. The number of nitrogens with two attached hydrogens (primary N) is 1. The van der Waals surface area contributed by atoms with Crippen molar-refractivity contribution >= 4 is 6.09 Å². The summed E-state index contributed by atoms with van der Waals surface area (Å²) >= 11 is 0. The first-order valence-corrected chi connectivity index (χ1v) is 3.16. The van der Waals surface area contributed by atoms with Crippen molar-refractivity contribution < 1.29 is 14.6 Å². The van der Waals surface area contributed by atoms with Crippen LogP contribution >= 0.6 is 0 Å². The van der Waals surface area contributed by atoms with Gasteiger partial charge in [0, 0.05) is 6.42 Å². The minimum absolute atomic E-state index is 0.308. The molecular formula is C6H13NO3. The van der Waals surface area contributed by atoms with Gasteiger partial charge in [-0.2, -0.15) is 0 Å². The average Bonchev–Trinajstić information content (AvgIpc) is 1.58. The van der Waals surface area contributed by atoms with Crippen LogP contribution in [0.4, 0.5) is 4.79 Å². The van der Waals surface area contributed by atoms with E-state index >= 15 is 0 Å². The van der Waals surface area contributed by atoms with E-state index in [2.05, 4.69) is 4.74 Å². The number of aliphatic hydroxyl groups is 1. The van der Waals surface area contributed by atoms with Crippen LogP contribution in [0, 0.1) is 0 Å². The number of carbonyl (C=O) groups excluding carboxylic acids is 1. The van der Waals surface area contributed by atoms with E-state index < -0.39 is 12.2 Å². The largest absolute Gasteiger partial charge is 0.447 e. The van der Waals surface area contributed by atoms with Crippen molar-refractivity contribution in [1.82, 2.24) is 0 Å². The number of hydrogen-bond acceptors (Lipinski definition) is 3. The van der Waals surface area contributed by atoms with Gasteiger partial charge in [-0.25, -0.2) is 4.79 Å². The van der Waals surface area contributed by atoms with E-state index in [1.165, 1.54) is 0 Å². The third-order valence-corrected chi connectivity index (χ3v) is 0.990. The summed E-state index contributed by atoms with van der Waals surface area (Å²) in [6, 6.07) is 0. The maximum atomic E-state index is 10.1. The molecule has 0 aliphatic carbocycles. The molecule has 0 heterocycles. The van der Waals surface area contributed by atoms with Gasteiger partial charge in [0.05, 0.1) is 6.10 Å². The van der Waals surface area contributed by atoms with Gasteiger partial charge in [0.25, 0.3) is 0 Å². The molecule has 0 rings (SSSR count). The third-order valence-electron chi connectivity index (χ3n) is 0.990. The Labute approximate surface area is 60.0 Å². The quantitative estimate of drug-likeness (QED) is 0.600. The average molecular weight is 147 g/mol. The van der Waals surface area contributed by atoms with Gasteiger partial charge in [0.1, 0.15) is 6.10 Å². The summed E-state index contributed by atoms with van der Waals surface area (Å²) in [7, 11) is 0. The van der Waals surface area contributed by atoms with Crippen LogP contribution in [0.15, 0.2) is 0 Å². The number of hydrogen-bond donors (Lipinski definition) is 2. The zero-order valence-corrected chi connectivity index (χ0v) is 6.20. The fourth-order valence-electron chi connectivity index (χ4n) is 0.727. The Morgan fingerprint density at radius 1 is 1.70 bits per heavy atom. The molecule has 10 heavy (non-hydrogen) atoms. The van der Waals surface area contributed by atoms with E-state index in [1.54, 1.807) is 13.8 Å². The summed E-state index contributed by atoms with van der Waals surface area (Å²) in [5, 5.41) is 8.80. The van der Waals surface area contributed by atoms with E-state index in [9.17, 15) is 4.79 Å². The molecule has 0 aliphatic rings. The lowest BCUT2D eigenvalue weighted by atomic mass is 10.2. The monoisotopic (exact) mass is 147 g/mol. The highest BCUT2D eigenvalue weighted by atomic mass is 16.6. The van der Waals surface area contributed by atoms with Crippen molar-refractivity contribution in [1.29, 1.82) is 0 Å². The molecule has 0 aliphatic heterocycles. The van der Waals surface area contributed by atoms with Gasteiger partial charge >= 0.3 is 6.09 Å². The van der Waals surface area contributed by atoms with Crippen molar-refractivity contribution in [2.75, 3.05) is 0 Å². The third kappa shape index (κ3) is 5.37. The Morgan fingerprint density at radius 3 is 2.50 bits per heavy atom. The predicted octanol–water partition coefficient (Wildman–Crippen LogP) is 0.241. The Morgan fingerprint density at radius 2 is 2.20 bits per heavy atom. The van der Waals surface area contributed by atoms with Gasteiger partial charge in [-0.3, -0.25) is 0 Å². The highest BCUT2D eigenvalue weighted by molar-refractivity contribution is 5.64. The molecule has 3 N–H and O–H groups in total. The Kier molecular flexibility index (Phi) is 3.79. The van der Waals surface area contributed by atoms with E-state index in [-0.39, 0.29) is 6.10 Å². The summed E-state index contributed by atoms with van der Waals surface area (Å²) in [6.07, 6.45) is -1.15. The summed E-state index contributed by atoms with van der Waals surface area (Å²) in [5.74, 6) is 0. The zero-order chi connectivity index (χ0) is 8.15. The first-order chi connectivity index (χ1) is 4.52. The molecule has 0 radical (unpaired) electrons. The summed E-state index contributed by atoms with van der Waals surface area (Å²) in [5.41, 5.74) is 4.73. The molecule has 0 spiro atoms. The fourth-order valence-corrected chi connectivity index (χ4v) is 0.727. The second-order valence-electron chi connectivity index (χ2n) is 2.33. The second kappa shape index (κ2) is 4.11. The maximum Gasteiger partial charge on any atom is 0.404 e. The molecule has 0 saturated heterocycles. The molecule has 60 valence electrons. The van der Waals surface area contributed by atoms with Crippen LogP contribution in [0.5, 0.6) is 0 Å². The van der Waals surface area contributed by atoms with Crippen LogP contribution in [0.25, 0.3) is 0 Å². The fraction of sp³-hybridized carbons (Fsp3) is 0.833. The Bertz CT molecular complexity index is 114. The molecule has 1 amide bonds. The Hall–Kier alpha value is -0.770. The van der Waals surface area contributed by atoms with Gasteiger partial charge in [0.2, 0.25) is 0 Å². The van der Waals surface area contributed by atoms with E-state index in [0.29, 0.717) is 6.42 Å². The molecule has 0 unspecified atom stereocenters. The molecule has 0 aromatic rings. The first kappa shape index (κ1) is 9.23. The lowest BCUT2D eigenvalue weighted by Crippen LogP contribution is -2.23. The van der Waals surface area contributed by atoms with Crippen molar-refractivity contribution in [2.45, 2.75) is 32.5 Å². The Balaban J connectivity index is 3.43. The van der Waals surface area contributed by atoms with Crippen LogP contribution in [0.3, 0.4) is 0 Å². The topological polar surface area (TPSA) is 72.6 Å². The number of amides is 1. The predicted molar refractivity (Wildman–Crippen MR) is 36.4 cm³/mol. The maximum absolute atomic E-state index is 10.1. The minimum Gasteiger partial charge on any atom is -0.447 e. The van der Waals surface area contributed by atoms with Crippen molar-refractivity contribution in [3.8, 4) is 0 Å². The number of aliphatic hydroxyl groups excluding tert-OH is 1. The molecule has 0 aromatic carbocycles. The highest BCUT2D eigenvalue weighted by Gasteiger charge is 2.08. The minimum atomic E-state index is -0.798. The van der Waals surface area contributed by atoms with Crippen LogP contribution < -0.4 is 5.73 Å². The molecule has 0 bridgehead atoms. The van der Waals surface area contributed by atoms with Crippen LogP contribution in [0.1, 0.15) is 20.3 Å². The highest BCUT2D eigenvalue weighted by Crippen LogP contribution is 2.00. The zero-order valence-electron chi connectivity index (χ0n) is 6.20. The standard InChI is InChI=1S/C6H13NO3/c1-4(8)3-5(2)10-6(7)9/h4-5,8H,3H2,1-2H3,(H2,7,9)/t4-,5+/m1/s1.